The van der Waals surface area contributed by atoms with E-state index in [0.29, 0.717) is 5.75 Å². The molecule has 5 nitrogen and oxygen atoms in total. The second kappa shape index (κ2) is 8.25. The zero-order valence-corrected chi connectivity index (χ0v) is 14.3. The summed E-state index contributed by atoms with van der Waals surface area (Å²) in [7, 11) is 4.95. The van der Waals surface area contributed by atoms with Gasteiger partial charge in [0.2, 0.25) is 5.75 Å². The van der Waals surface area contributed by atoms with Gasteiger partial charge in [-0.3, -0.25) is 0 Å². The van der Waals surface area contributed by atoms with Crippen LogP contribution in [-0.2, 0) is 6.54 Å². The maximum absolute atomic E-state index is 5.41. The second-order valence-corrected chi connectivity index (χ2v) is 5.86. The molecule has 22 heavy (non-hydrogen) atoms. The molecule has 1 aliphatic heterocycles. The minimum Gasteiger partial charge on any atom is -0.493 e. The number of likely N-dealkylation sites (tertiary alicyclic amines) is 1. The van der Waals surface area contributed by atoms with E-state index in [9.17, 15) is 0 Å². The summed E-state index contributed by atoms with van der Waals surface area (Å²) in [6, 6.07) is 4.88. The molecule has 0 saturated carbocycles. The van der Waals surface area contributed by atoms with Gasteiger partial charge in [-0.25, -0.2) is 0 Å². The number of ether oxygens (including phenoxy) is 3. The first-order valence-electron chi connectivity index (χ1n) is 8.18. The summed E-state index contributed by atoms with van der Waals surface area (Å²) in [5.74, 6) is 2.12. The van der Waals surface area contributed by atoms with Gasteiger partial charge in [0.05, 0.1) is 34.4 Å². The van der Waals surface area contributed by atoms with Crippen molar-refractivity contribution >= 4 is 0 Å². The van der Waals surface area contributed by atoms with Crippen LogP contribution < -0.4 is 24.4 Å². The Kier molecular flexibility index (Phi) is 6.34. The zero-order valence-electron chi connectivity index (χ0n) is 14.3. The summed E-state index contributed by atoms with van der Waals surface area (Å²) in [5.41, 5.74) is 1.20. The van der Waals surface area contributed by atoms with Crippen LogP contribution >= 0.6 is 0 Å². The fraction of sp³-hybridized carbons (Fsp3) is 0.647. The number of methoxy groups -OCH3 is 3. The molecular weight excluding hydrogens is 280 g/mol. The largest absolute Gasteiger partial charge is 0.493 e. The van der Waals surface area contributed by atoms with Gasteiger partial charge < -0.3 is 24.4 Å². The fourth-order valence-corrected chi connectivity index (χ4v) is 3.44. The molecule has 1 aromatic carbocycles. The molecule has 3 N–H and O–H groups in total. The molecule has 0 bridgehead atoms. The third-order valence-electron chi connectivity index (χ3n) is 4.64. The topological polar surface area (TPSA) is 48.7 Å². The van der Waals surface area contributed by atoms with E-state index in [4.69, 9.17) is 14.2 Å². The first-order chi connectivity index (χ1) is 10.7. The number of nitrogens with one attached hydrogen (secondary N) is 1. The van der Waals surface area contributed by atoms with Crippen LogP contribution in [-0.4, -0.2) is 47.0 Å². The Morgan fingerprint density at radius 1 is 1.14 bits per heavy atom. The highest BCUT2D eigenvalue weighted by Gasteiger charge is 2.28. The van der Waals surface area contributed by atoms with Crippen LogP contribution in [0.15, 0.2) is 12.1 Å². The quantitative estimate of drug-likeness (QED) is 0.702. The second-order valence-electron chi connectivity index (χ2n) is 5.86. The minimum absolute atomic E-state index is 0.658. The van der Waals surface area contributed by atoms with Crippen molar-refractivity contribution in [2.75, 3.05) is 41.0 Å². The molecule has 1 saturated heterocycles. The number of quaternary nitrogens is 2. The van der Waals surface area contributed by atoms with Gasteiger partial charge in [-0.1, -0.05) is 0 Å². The van der Waals surface area contributed by atoms with Gasteiger partial charge in [-0.15, -0.1) is 0 Å². The number of hydrogen-bond donors (Lipinski definition) is 2. The lowest BCUT2D eigenvalue weighted by atomic mass is 10.1. The van der Waals surface area contributed by atoms with E-state index >= 15 is 0 Å². The number of hydrogen-bond acceptors (Lipinski definition) is 3. The predicted octanol–water partition coefficient (Wildman–Crippen LogP) is -0.157. The van der Waals surface area contributed by atoms with Crippen LogP contribution in [0, 0.1) is 0 Å². The molecule has 0 radical (unpaired) electrons. The summed E-state index contributed by atoms with van der Waals surface area (Å²) in [4.78, 5) is 1.75. The maximum atomic E-state index is 5.41. The van der Waals surface area contributed by atoms with Gasteiger partial charge >= 0.3 is 0 Å². The lowest BCUT2D eigenvalue weighted by Gasteiger charge is -2.18. The summed E-state index contributed by atoms with van der Waals surface area (Å²) in [5, 5.41) is 2.40. The van der Waals surface area contributed by atoms with Crippen molar-refractivity contribution in [2.45, 2.75) is 32.4 Å². The molecule has 5 heteroatoms. The Hall–Kier alpha value is -1.46. The van der Waals surface area contributed by atoms with E-state index in [1.165, 1.54) is 38.0 Å². The molecule has 124 valence electrons. The lowest BCUT2D eigenvalue weighted by Crippen LogP contribution is -3.16. The van der Waals surface area contributed by atoms with Crippen molar-refractivity contribution in [1.82, 2.24) is 0 Å². The van der Waals surface area contributed by atoms with Crippen molar-refractivity contribution in [2.24, 2.45) is 0 Å². The normalized spacial score (nSPS) is 20.9. The third-order valence-corrected chi connectivity index (χ3v) is 4.64. The van der Waals surface area contributed by atoms with Crippen LogP contribution in [0.2, 0.25) is 0 Å². The number of nitrogens with two attached hydrogens (primary N) is 1. The average Bonchev–Trinajstić information content (AvgIpc) is 3.01. The molecule has 1 heterocycles. The van der Waals surface area contributed by atoms with Gasteiger partial charge in [0.1, 0.15) is 19.1 Å². The van der Waals surface area contributed by atoms with Gasteiger partial charge in [0.25, 0.3) is 0 Å². The predicted molar refractivity (Wildman–Crippen MR) is 86.0 cm³/mol. The SMILES string of the molecule is CC[NH+]1CCC[C@H]1C[NH2+]Cc1cc(OC)c(OC)c(OC)c1. The van der Waals surface area contributed by atoms with E-state index in [2.05, 4.69) is 12.2 Å². The van der Waals surface area contributed by atoms with Crippen molar-refractivity contribution < 1.29 is 24.4 Å². The Morgan fingerprint density at radius 2 is 1.82 bits per heavy atom. The standard InChI is InChI=1S/C17H28N2O3/c1-5-19-8-6-7-14(19)12-18-11-13-9-15(20-2)17(22-4)16(10-13)21-3/h9-10,14,18H,5-8,11-12H2,1-4H3/p+2/t14-/m0/s1. The highest BCUT2D eigenvalue weighted by Crippen LogP contribution is 2.37. The summed E-state index contributed by atoms with van der Waals surface area (Å²) in [6.45, 7) is 6.97. The summed E-state index contributed by atoms with van der Waals surface area (Å²) >= 11 is 0. The Morgan fingerprint density at radius 3 is 2.36 bits per heavy atom. The van der Waals surface area contributed by atoms with E-state index in [1.807, 2.05) is 12.1 Å². The molecule has 1 aliphatic rings. The Balaban J connectivity index is 1.97. The molecule has 1 fully saturated rings. The third kappa shape index (κ3) is 3.84. The van der Waals surface area contributed by atoms with Gasteiger partial charge in [0, 0.05) is 18.4 Å². The maximum Gasteiger partial charge on any atom is 0.203 e. The monoisotopic (exact) mass is 310 g/mol. The van der Waals surface area contributed by atoms with Gasteiger partial charge in [0.15, 0.2) is 11.5 Å². The van der Waals surface area contributed by atoms with E-state index in [-0.39, 0.29) is 0 Å². The average molecular weight is 310 g/mol. The molecule has 0 spiro atoms. The highest BCUT2D eigenvalue weighted by molar-refractivity contribution is 5.53. The Bertz CT molecular complexity index is 454. The van der Waals surface area contributed by atoms with E-state index < -0.39 is 0 Å². The molecule has 0 aromatic heterocycles. The van der Waals surface area contributed by atoms with Crippen molar-refractivity contribution in [1.29, 1.82) is 0 Å². The molecule has 1 unspecified atom stereocenters. The first kappa shape index (κ1) is 16.9. The van der Waals surface area contributed by atoms with Crippen LogP contribution in [0.3, 0.4) is 0 Å². The Labute approximate surface area is 133 Å². The van der Waals surface area contributed by atoms with Gasteiger partial charge in [-0.2, -0.15) is 0 Å². The van der Waals surface area contributed by atoms with E-state index in [1.54, 1.807) is 26.2 Å². The first-order valence-corrected chi connectivity index (χ1v) is 8.18. The number of rotatable bonds is 8. The molecule has 2 atom stereocenters. The van der Waals surface area contributed by atoms with E-state index in [0.717, 1.165) is 24.1 Å². The minimum atomic E-state index is 0.658. The molecular formula is C17H30N2O3+2. The van der Waals surface area contributed by atoms with Crippen molar-refractivity contribution in [3.63, 3.8) is 0 Å². The number of benzene rings is 1. The van der Waals surface area contributed by atoms with Crippen molar-refractivity contribution in [3.05, 3.63) is 17.7 Å². The van der Waals surface area contributed by atoms with Crippen LogP contribution in [0.5, 0.6) is 17.2 Å². The fourth-order valence-electron chi connectivity index (χ4n) is 3.44. The zero-order chi connectivity index (χ0) is 15.9. The van der Waals surface area contributed by atoms with Crippen LogP contribution in [0.4, 0.5) is 0 Å². The summed E-state index contributed by atoms with van der Waals surface area (Å²) in [6.07, 6.45) is 2.72. The smallest absolute Gasteiger partial charge is 0.203 e. The lowest BCUT2D eigenvalue weighted by molar-refractivity contribution is -0.925. The molecule has 0 amide bonds. The van der Waals surface area contributed by atoms with Crippen molar-refractivity contribution in [3.8, 4) is 17.2 Å². The highest BCUT2D eigenvalue weighted by atomic mass is 16.5. The van der Waals surface area contributed by atoms with Crippen LogP contribution in [0.1, 0.15) is 25.3 Å². The molecule has 2 rings (SSSR count). The summed E-state index contributed by atoms with van der Waals surface area (Å²) < 4.78 is 16.2. The molecule has 0 aliphatic carbocycles. The van der Waals surface area contributed by atoms with Gasteiger partial charge in [-0.05, 0) is 19.1 Å². The number of likely N-dealkylation sites (N-methyl/N-ethyl adjacent to an activating group) is 1. The van der Waals surface area contributed by atoms with Crippen LogP contribution in [0.25, 0.3) is 0 Å². The molecule has 1 aromatic rings.